The predicted molar refractivity (Wildman–Crippen MR) is 151 cm³/mol. The van der Waals surface area contributed by atoms with Gasteiger partial charge in [0.25, 0.3) is 0 Å². The number of carbonyl (C=O) groups excluding carboxylic acids is 1. The van der Waals surface area contributed by atoms with Gasteiger partial charge in [-0.05, 0) is 61.1 Å². The molecule has 1 heterocycles. The summed E-state index contributed by atoms with van der Waals surface area (Å²) >= 11 is 0. The van der Waals surface area contributed by atoms with Crippen LogP contribution in [-0.2, 0) is 11.2 Å². The minimum atomic E-state index is -1.98. The van der Waals surface area contributed by atoms with Gasteiger partial charge in [-0.15, -0.1) is 0 Å². The molecule has 0 aliphatic carbocycles. The van der Waals surface area contributed by atoms with E-state index in [0.29, 0.717) is 12.2 Å². The van der Waals surface area contributed by atoms with Crippen LogP contribution >= 0.6 is 0 Å². The molecular weight excluding hydrogens is 461 g/mol. The quantitative estimate of drug-likeness (QED) is 0.118. The summed E-state index contributed by atoms with van der Waals surface area (Å²) in [5.41, 5.74) is 3.23. The highest BCUT2D eigenvalue weighted by molar-refractivity contribution is 5.83. The predicted octanol–water partition coefficient (Wildman–Crippen LogP) is 9.53. The van der Waals surface area contributed by atoms with E-state index < -0.39 is 11.6 Å². The van der Waals surface area contributed by atoms with Gasteiger partial charge in [0.15, 0.2) is 0 Å². The summed E-state index contributed by atoms with van der Waals surface area (Å²) in [5, 5.41) is 0. The molecule has 0 spiro atoms. The molecule has 1 aromatic heterocycles. The zero-order valence-electron chi connectivity index (χ0n) is 22.8. The average molecular weight is 504 g/mol. The molecule has 0 aliphatic rings. The lowest BCUT2D eigenvalue weighted by Gasteiger charge is -2.18. The number of hydrogen-bond donors (Lipinski definition) is 0. The van der Waals surface area contributed by atoms with Gasteiger partial charge in [0.2, 0.25) is 5.67 Å². The third kappa shape index (κ3) is 8.80. The zero-order valence-corrected chi connectivity index (χ0v) is 22.8. The number of hydrogen-bond acceptors (Lipinski definition) is 3. The fraction of sp³-hybridized carbons (Fsp3) is 0.455. The lowest BCUT2D eigenvalue weighted by atomic mass is 9.97. The SMILES string of the molecule is CCCCCCCCCCC(C)(F)C(=O)Oc1ccc(-c2ccccc2-c2ccc(CCC)cn2)cc1. The maximum absolute atomic E-state index is 15.0. The Hall–Kier alpha value is -3.01. The van der Waals surface area contributed by atoms with Gasteiger partial charge in [-0.1, -0.05) is 108 Å². The van der Waals surface area contributed by atoms with Gasteiger partial charge in [0.1, 0.15) is 5.75 Å². The number of rotatable bonds is 15. The number of aromatic nitrogens is 1. The van der Waals surface area contributed by atoms with Crippen molar-refractivity contribution in [1.29, 1.82) is 0 Å². The molecule has 1 unspecified atom stereocenters. The van der Waals surface area contributed by atoms with E-state index >= 15 is 4.39 Å². The van der Waals surface area contributed by atoms with Crippen molar-refractivity contribution in [2.45, 2.75) is 97.1 Å². The fourth-order valence-electron chi connectivity index (χ4n) is 4.59. The van der Waals surface area contributed by atoms with Gasteiger partial charge < -0.3 is 4.74 Å². The molecule has 0 N–H and O–H groups in total. The highest BCUT2D eigenvalue weighted by atomic mass is 19.1. The van der Waals surface area contributed by atoms with Crippen molar-refractivity contribution in [3.05, 3.63) is 72.4 Å². The molecule has 198 valence electrons. The molecule has 0 amide bonds. The van der Waals surface area contributed by atoms with Crippen LogP contribution in [0.25, 0.3) is 22.4 Å². The number of benzene rings is 2. The number of ether oxygens (including phenoxy) is 1. The lowest BCUT2D eigenvalue weighted by molar-refractivity contribution is -0.147. The van der Waals surface area contributed by atoms with E-state index in [-0.39, 0.29) is 6.42 Å². The van der Waals surface area contributed by atoms with Crippen LogP contribution in [-0.4, -0.2) is 16.6 Å². The number of aryl methyl sites for hydroxylation is 1. The number of alkyl halides is 1. The molecule has 2 aromatic carbocycles. The van der Waals surface area contributed by atoms with Crippen molar-refractivity contribution < 1.29 is 13.9 Å². The number of esters is 1. The highest BCUT2D eigenvalue weighted by Crippen LogP contribution is 2.32. The summed E-state index contributed by atoms with van der Waals surface area (Å²) in [6.45, 7) is 5.70. The largest absolute Gasteiger partial charge is 0.424 e. The number of unbranched alkanes of at least 4 members (excludes halogenated alkanes) is 7. The van der Waals surface area contributed by atoms with E-state index in [9.17, 15) is 4.79 Å². The van der Waals surface area contributed by atoms with E-state index in [0.717, 1.165) is 48.1 Å². The third-order valence-electron chi connectivity index (χ3n) is 6.87. The van der Waals surface area contributed by atoms with Crippen molar-refractivity contribution in [1.82, 2.24) is 4.98 Å². The Labute approximate surface area is 222 Å². The Bertz CT molecular complexity index is 1090. The molecular formula is C33H42FNO2. The first kappa shape index (κ1) is 28.6. The number of pyridine rings is 1. The van der Waals surface area contributed by atoms with Gasteiger partial charge in [0.05, 0.1) is 5.69 Å². The first-order valence-corrected chi connectivity index (χ1v) is 14.0. The molecule has 0 fully saturated rings. The second-order valence-electron chi connectivity index (χ2n) is 10.2. The Morgan fingerprint density at radius 3 is 2.08 bits per heavy atom. The summed E-state index contributed by atoms with van der Waals surface area (Å²) < 4.78 is 20.4. The van der Waals surface area contributed by atoms with E-state index in [1.807, 2.05) is 30.5 Å². The van der Waals surface area contributed by atoms with Gasteiger partial charge in [-0.2, -0.15) is 0 Å². The van der Waals surface area contributed by atoms with Gasteiger partial charge in [-0.3, -0.25) is 4.98 Å². The minimum Gasteiger partial charge on any atom is -0.424 e. The van der Waals surface area contributed by atoms with Crippen LogP contribution in [0.1, 0.15) is 90.5 Å². The Morgan fingerprint density at radius 1 is 0.811 bits per heavy atom. The monoisotopic (exact) mass is 503 g/mol. The van der Waals surface area contributed by atoms with Gasteiger partial charge in [-0.25, -0.2) is 9.18 Å². The standard InChI is InChI=1S/C33H42FNO2/c1-4-6-7-8-9-10-11-14-24-33(3,34)32(36)37-28-21-19-27(20-22-28)29-16-12-13-17-30(29)31-23-18-26(15-5-2)25-35-31/h12-13,16-23,25H,4-11,14-15,24H2,1-3H3. The molecule has 37 heavy (non-hydrogen) atoms. The van der Waals surface area contributed by atoms with Crippen LogP contribution in [0.3, 0.4) is 0 Å². The molecule has 3 rings (SSSR count). The maximum Gasteiger partial charge on any atom is 0.348 e. The van der Waals surface area contributed by atoms with E-state index in [1.54, 1.807) is 12.1 Å². The summed E-state index contributed by atoms with van der Waals surface area (Å²) in [6.07, 6.45) is 13.2. The average Bonchev–Trinajstić information content (AvgIpc) is 2.91. The zero-order chi connectivity index (χ0) is 26.5. The first-order chi connectivity index (χ1) is 17.9. The highest BCUT2D eigenvalue weighted by Gasteiger charge is 2.34. The van der Waals surface area contributed by atoms with Gasteiger partial charge >= 0.3 is 5.97 Å². The number of carbonyl (C=O) groups is 1. The van der Waals surface area contributed by atoms with Crippen molar-refractivity contribution in [2.24, 2.45) is 0 Å². The third-order valence-corrected chi connectivity index (χ3v) is 6.87. The van der Waals surface area contributed by atoms with Gasteiger partial charge in [0, 0.05) is 11.8 Å². The first-order valence-electron chi connectivity index (χ1n) is 14.0. The summed E-state index contributed by atoms with van der Waals surface area (Å²) in [6, 6.07) is 19.6. The molecule has 0 saturated carbocycles. The van der Waals surface area contributed by atoms with E-state index in [1.165, 1.54) is 44.6 Å². The maximum atomic E-state index is 15.0. The lowest BCUT2D eigenvalue weighted by Crippen LogP contribution is -2.34. The van der Waals surface area contributed by atoms with Crippen LogP contribution < -0.4 is 4.74 Å². The summed E-state index contributed by atoms with van der Waals surface area (Å²) in [7, 11) is 0. The molecule has 3 aromatic rings. The molecule has 0 saturated heterocycles. The molecule has 0 bridgehead atoms. The Balaban J connectivity index is 1.57. The van der Waals surface area contributed by atoms with E-state index in [4.69, 9.17) is 4.74 Å². The van der Waals surface area contributed by atoms with Crippen LogP contribution in [0.4, 0.5) is 4.39 Å². The van der Waals surface area contributed by atoms with Crippen molar-refractivity contribution >= 4 is 5.97 Å². The number of halogens is 1. The summed E-state index contributed by atoms with van der Waals surface area (Å²) in [5.74, 6) is -0.465. The minimum absolute atomic E-state index is 0.191. The molecule has 4 heteroatoms. The van der Waals surface area contributed by atoms with Crippen LogP contribution in [0.2, 0.25) is 0 Å². The van der Waals surface area contributed by atoms with Crippen LogP contribution in [0.15, 0.2) is 66.9 Å². The molecule has 1 atom stereocenters. The molecule has 0 radical (unpaired) electrons. The second-order valence-corrected chi connectivity index (χ2v) is 10.2. The summed E-state index contributed by atoms with van der Waals surface area (Å²) in [4.78, 5) is 17.2. The molecule has 0 aliphatic heterocycles. The fourth-order valence-corrected chi connectivity index (χ4v) is 4.59. The van der Waals surface area contributed by atoms with Crippen LogP contribution in [0.5, 0.6) is 5.75 Å². The van der Waals surface area contributed by atoms with Crippen molar-refractivity contribution in [2.75, 3.05) is 0 Å². The molecule has 3 nitrogen and oxygen atoms in total. The normalized spacial score (nSPS) is 12.8. The topological polar surface area (TPSA) is 39.2 Å². The Morgan fingerprint density at radius 2 is 1.46 bits per heavy atom. The second kappa shape index (κ2) is 14.7. The van der Waals surface area contributed by atoms with Crippen LogP contribution in [0, 0.1) is 0 Å². The smallest absolute Gasteiger partial charge is 0.348 e. The number of nitrogens with zero attached hydrogens (tertiary/aromatic N) is 1. The van der Waals surface area contributed by atoms with Crippen molar-refractivity contribution in [3.63, 3.8) is 0 Å². The van der Waals surface area contributed by atoms with Crippen molar-refractivity contribution in [3.8, 4) is 28.1 Å². The Kier molecular flexibility index (Phi) is 11.3. The van der Waals surface area contributed by atoms with E-state index in [2.05, 4.69) is 43.1 Å².